The van der Waals surface area contributed by atoms with Gasteiger partial charge in [-0.05, 0) is 37.8 Å². The summed E-state index contributed by atoms with van der Waals surface area (Å²) in [7, 11) is -3.63. The Morgan fingerprint density at radius 3 is 2.42 bits per heavy atom. The van der Waals surface area contributed by atoms with E-state index < -0.39 is 10.0 Å². The molecule has 6 nitrogen and oxygen atoms in total. The van der Waals surface area contributed by atoms with Gasteiger partial charge < -0.3 is 10.2 Å². The Hall–Kier alpha value is -1.31. The SMILES string of the molecule is CC(NC(=O)N1CCN(S(=O)(=O)c2ccccc2Cl)CC1)C1CC1. The Bertz CT molecular complexity index is 713. The summed E-state index contributed by atoms with van der Waals surface area (Å²) in [5.41, 5.74) is 0. The maximum Gasteiger partial charge on any atom is 0.317 e. The van der Waals surface area contributed by atoms with Crippen molar-refractivity contribution in [1.82, 2.24) is 14.5 Å². The van der Waals surface area contributed by atoms with Crippen LogP contribution in [0.3, 0.4) is 0 Å². The Labute approximate surface area is 147 Å². The molecule has 0 bridgehead atoms. The summed E-state index contributed by atoms with van der Waals surface area (Å²) in [5.74, 6) is 0.593. The first-order chi connectivity index (χ1) is 11.4. The van der Waals surface area contributed by atoms with Crippen molar-refractivity contribution in [2.75, 3.05) is 26.2 Å². The van der Waals surface area contributed by atoms with Crippen LogP contribution in [0.4, 0.5) is 4.79 Å². The number of rotatable bonds is 4. The molecule has 0 aromatic heterocycles. The normalized spacial score (nSPS) is 20.7. The van der Waals surface area contributed by atoms with Crippen LogP contribution in [-0.2, 0) is 10.0 Å². The molecule has 1 heterocycles. The number of hydrogen-bond donors (Lipinski definition) is 1. The van der Waals surface area contributed by atoms with Crippen LogP contribution in [0.5, 0.6) is 0 Å². The fourth-order valence-electron chi connectivity index (χ4n) is 2.92. The summed E-state index contributed by atoms with van der Waals surface area (Å²) in [5, 5.41) is 3.22. The van der Waals surface area contributed by atoms with Gasteiger partial charge in [0.05, 0.1) is 5.02 Å². The lowest BCUT2D eigenvalue weighted by Gasteiger charge is -2.34. The van der Waals surface area contributed by atoms with E-state index in [0.717, 1.165) is 0 Å². The molecule has 2 aliphatic rings. The van der Waals surface area contributed by atoms with E-state index in [0.29, 0.717) is 19.0 Å². The first-order valence-corrected chi connectivity index (χ1v) is 10.0. The van der Waals surface area contributed by atoms with E-state index in [4.69, 9.17) is 11.6 Å². The molecule has 2 fully saturated rings. The fourth-order valence-corrected chi connectivity index (χ4v) is 4.84. The molecule has 1 saturated heterocycles. The second kappa shape index (κ2) is 6.90. The third kappa shape index (κ3) is 3.68. The Kier molecular flexibility index (Phi) is 5.03. The van der Waals surface area contributed by atoms with Gasteiger partial charge in [0.15, 0.2) is 0 Å². The minimum Gasteiger partial charge on any atom is -0.335 e. The van der Waals surface area contributed by atoms with Crippen molar-refractivity contribution in [1.29, 1.82) is 0 Å². The van der Waals surface area contributed by atoms with Gasteiger partial charge in [-0.1, -0.05) is 23.7 Å². The molecule has 8 heteroatoms. The lowest BCUT2D eigenvalue weighted by Crippen LogP contribution is -2.54. The topological polar surface area (TPSA) is 69.7 Å². The first-order valence-electron chi connectivity index (χ1n) is 8.19. The molecule has 1 saturated carbocycles. The number of hydrogen-bond acceptors (Lipinski definition) is 3. The average Bonchev–Trinajstić information content (AvgIpc) is 3.40. The van der Waals surface area contributed by atoms with E-state index in [1.165, 1.54) is 23.2 Å². The predicted octanol–water partition coefficient (Wildman–Crippen LogP) is 2.15. The standard InChI is InChI=1S/C16H22ClN3O3S/c1-12(13-6-7-13)18-16(21)19-8-10-20(11-9-19)24(22,23)15-5-3-2-4-14(15)17/h2-5,12-13H,6-11H2,1H3,(H,18,21). The zero-order chi connectivity index (χ0) is 17.3. The molecule has 1 aromatic carbocycles. The third-order valence-electron chi connectivity index (χ3n) is 4.66. The summed E-state index contributed by atoms with van der Waals surface area (Å²) < 4.78 is 26.8. The quantitative estimate of drug-likeness (QED) is 0.881. The van der Waals surface area contributed by atoms with Crippen molar-refractivity contribution in [3.05, 3.63) is 29.3 Å². The van der Waals surface area contributed by atoms with Crippen molar-refractivity contribution in [2.45, 2.75) is 30.7 Å². The van der Waals surface area contributed by atoms with Crippen LogP contribution in [0, 0.1) is 5.92 Å². The summed E-state index contributed by atoms with van der Waals surface area (Å²) >= 11 is 6.02. The molecule has 24 heavy (non-hydrogen) atoms. The highest BCUT2D eigenvalue weighted by molar-refractivity contribution is 7.89. The molecule has 1 aliphatic carbocycles. The lowest BCUT2D eigenvalue weighted by molar-refractivity contribution is 0.168. The van der Waals surface area contributed by atoms with Gasteiger partial charge in [-0.2, -0.15) is 4.31 Å². The van der Waals surface area contributed by atoms with Crippen molar-refractivity contribution >= 4 is 27.7 Å². The van der Waals surface area contributed by atoms with Gasteiger partial charge in [0.25, 0.3) is 0 Å². The lowest BCUT2D eigenvalue weighted by atomic mass is 10.2. The van der Waals surface area contributed by atoms with Gasteiger partial charge in [-0.25, -0.2) is 13.2 Å². The molecule has 1 aromatic rings. The Balaban J connectivity index is 1.60. The number of halogens is 1. The van der Waals surface area contributed by atoms with Crippen molar-refractivity contribution in [3.63, 3.8) is 0 Å². The van der Waals surface area contributed by atoms with Crippen molar-refractivity contribution < 1.29 is 13.2 Å². The number of nitrogens with zero attached hydrogens (tertiary/aromatic N) is 2. The van der Waals surface area contributed by atoms with Crippen molar-refractivity contribution in [3.8, 4) is 0 Å². The highest BCUT2D eigenvalue weighted by Gasteiger charge is 2.33. The second-order valence-electron chi connectivity index (χ2n) is 6.40. The summed E-state index contributed by atoms with van der Waals surface area (Å²) in [6.45, 7) is 3.34. The van der Waals surface area contributed by atoms with Crippen LogP contribution in [-0.4, -0.2) is 55.9 Å². The van der Waals surface area contributed by atoms with Gasteiger partial charge >= 0.3 is 6.03 Å². The van der Waals surface area contributed by atoms with Crippen molar-refractivity contribution in [2.24, 2.45) is 5.92 Å². The smallest absolute Gasteiger partial charge is 0.317 e. The summed E-state index contributed by atoms with van der Waals surface area (Å²) in [6, 6.07) is 6.50. The predicted molar refractivity (Wildman–Crippen MR) is 92.5 cm³/mol. The number of sulfonamides is 1. The van der Waals surface area contributed by atoms with E-state index in [9.17, 15) is 13.2 Å². The number of amides is 2. The van der Waals surface area contributed by atoms with E-state index >= 15 is 0 Å². The molecule has 0 spiro atoms. The minimum absolute atomic E-state index is 0.107. The molecule has 132 valence electrons. The van der Waals surface area contributed by atoms with Crippen LogP contribution >= 0.6 is 11.6 Å². The maximum absolute atomic E-state index is 12.7. The van der Waals surface area contributed by atoms with Gasteiger partial charge in [0, 0.05) is 32.2 Å². The van der Waals surface area contributed by atoms with Gasteiger partial charge in [-0.3, -0.25) is 0 Å². The minimum atomic E-state index is -3.63. The number of piperazine rings is 1. The average molecular weight is 372 g/mol. The first kappa shape index (κ1) is 17.5. The number of urea groups is 1. The molecule has 0 radical (unpaired) electrons. The highest BCUT2D eigenvalue weighted by Crippen LogP contribution is 2.32. The van der Waals surface area contributed by atoms with Crippen LogP contribution in [0.15, 0.2) is 29.2 Å². The summed E-state index contributed by atoms with van der Waals surface area (Å²) in [6.07, 6.45) is 2.34. The molecule has 1 unspecified atom stereocenters. The van der Waals surface area contributed by atoms with E-state index in [1.54, 1.807) is 23.1 Å². The molecule has 2 amide bonds. The molecule has 1 atom stereocenters. The van der Waals surface area contributed by atoms with E-state index in [-0.39, 0.29) is 35.1 Å². The Morgan fingerprint density at radius 2 is 1.83 bits per heavy atom. The van der Waals surface area contributed by atoms with E-state index in [1.807, 2.05) is 6.92 Å². The number of nitrogens with one attached hydrogen (secondary N) is 1. The third-order valence-corrected chi connectivity index (χ3v) is 7.06. The highest BCUT2D eigenvalue weighted by atomic mass is 35.5. The van der Waals surface area contributed by atoms with Crippen LogP contribution in [0.2, 0.25) is 5.02 Å². The number of carbonyl (C=O) groups excluding carboxylic acids is 1. The zero-order valence-corrected chi connectivity index (χ0v) is 15.2. The fraction of sp³-hybridized carbons (Fsp3) is 0.562. The molecular formula is C16H22ClN3O3S. The molecule has 3 rings (SSSR count). The van der Waals surface area contributed by atoms with Gasteiger partial charge in [0.2, 0.25) is 10.0 Å². The molecular weight excluding hydrogens is 350 g/mol. The second-order valence-corrected chi connectivity index (χ2v) is 8.71. The van der Waals surface area contributed by atoms with Crippen LogP contribution in [0.25, 0.3) is 0 Å². The van der Waals surface area contributed by atoms with Gasteiger partial charge in [-0.15, -0.1) is 0 Å². The van der Waals surface area contributed by atoms with Gasteiger partial charge in [0.1, 0.15) is 4.90 Å². The molecule has 1 N–H and O–H groups in total. The van der Waals surface area contributed by atoms with E-state index in [2.05, 4.69) is 5.32 Å². The zero-order valence-electron chi connectivity index (χ0n) is 13.6. The summed E-state index contributed by atoms with van der Waals surface area (Å²) in [4.78, 5) is 14.0. The van der Waals surface area contributed by atoms with Crippen LogP contribution < -0.4 is 5.32 Å². The number of carbonyl (C=O) groups is 1. The monoisotopic (exact) mass is 371 g/mol. The molecule has 1 aliphatic heterocycles. The maximum atomic E-state index is 12.7. The number of benzene rings is 1. The Morgan fingerprint density at radius 1 is 1.21 bits per heavy atom. The largest absolute Gasteiger partial charge is 0.335 e. The van der Waals surface area contributed by atoms with Crippen LogP contribution in [0.1, 0.15) is 19.8 Å².